The maximum Gasteiger partial charge on any atom is 0.328 e. The van der Waals surface area contributed by atoms with E-state index in [2.05, 4.69) is 26.1 Å². The highest BCUT2D eigenvalue weighted by molar-refractivity contribution is 5.85. The van der Waals surface area contributed by atoms with Gasteiger partial charge in [0.05, 0.1) is 18.1 Å². The number of nitrogens with zero attached hydrogens (tertiary/aromatic N) is 2. The summed E-state index contributed by atoms with van der Waals surface area (Å²) in [6.07, 6.45) is 0. The van der Waals surface area contributed by atoms with Crippen molar-refractivity contribution in [3.63, 3.8) is 0 Å². The number of fused-ring (bicyclic) bond motifs is 1. The quantitative estimate of drug-likeness (QED) is 0.660. The summed E-state index contributed by atoms with van der Waals surface area (Å²) >= 11 is 0. The molecule has 0 aliphatic carbocycles. The molecule has 0 saturated carbocycles. The van der Waals surface area contributed by atoms with Gasteiger partial charge >= 0.3 is 5.69 Å². The van der Waals surface area contributed by atoms with E-state index in [1.807, 2.05) is 36.4 Å². The zero-order chi connectivity index (χ0) is 20.5. The second-order valence-electron chi connectivity index (χ2n) is 8.10. The number of imidazole rings is 1. The summed E-state index contributed by atoms with van der Waals surface area (Å²) in [5, 5.41) is 3.47. The summed E-state index contributed by atoms with van der Waals surface area (Å²) in [6, 6.07) is 11.9. The molecule has 0 amide bonds. The van der Waals surface area contributed by atoms with E-state index >= 15 is 0 Å². The lowest BCUT2D eigenvalue weighted by atomic mass is 10.1. The molecule has 29 heavy (non-hydrogen) atoms. The van der Waals surface area contributed by atoms with E-state index in [1.165, 1.54) is 0 Å². The van der Waals surface area contributed by atoms with Crippen molar-refractivity contribution in [1.29, 1.82) is 0 Å². The van der Waals surface area contributed by atoms with Crippen LogP contribution in [0.5, 0.6) is 11.5 Å². The van der Waals surface area contributed by atoms with Crippen LogP contribution in [-0.4, -0.2) is 21.8 Å². The Bertz CT molecular complexity index is 1050. The Morgan fingerprint density at radius 2 is 1.59 bits per heavy atom. The van der Waals surface area contributed by atoms with Crippen LogP contribution in [0.3, 0.4) is 0 Å². The van der Waals surface area contributed by atoms with E-state index in [1.54, 1.807) is 30.3 Å². The van der Waals surface area contributed by atoms with Crippen molar-refractivity contribution >= 4 is 23.4 Å². The summed E-state index contributed by atoms with van der Waals surface area (Å²) in [4.78, 5) is 12.1. The predicted octanol–water partition coefficient (Wildman–Crippen LogP) is 3.77. The third-order valence-electron chi connectivity index (χ3n) is 4.78. The number of aromatic nitrogens is 2. The van der Waals surface area contributed by atoms with Crippen molar-refractivity contribution < 1.29 is 9.47 Å². The van der Waals surface area contributed by atoms with Gasteiger partial charge in [-0.25, -0.2) is 4.79 Å². The Labute approximate surface area is 177 Å². The number of methoxy groups -OCH3 is 1. The first-order chi connectivity index (χ1) is 13.2. The summed E-state index contributed by atoms with van der Waals surface area (Å²) in [5.41, 5.74) is 3.95. The zero-order valence-corrected chi connectivity index (χ0v) is 18.7. The number of hydrogen-bond acceptors (Lipinski definition) is 4. The van der Waals surface area contributed by atoms with Crippen LogP contribution < -0.4 is 20.5 Å². The fraction of sp³-hybridized carbons (Fsp3) is 0.409. The molecule has 0 saturated heterocycles. The average molecular weight is 420 g/mol. The minimum Gasteiger partial charge on any atom is -0.493 e. The molecule has 0 unspecified atom stereocenters. The molecule has 0 bridgehead atoms. The molecule has 0 spiro atoms. The van der Waals surface area contributed by atoms with E-state index in [4.69, 9.17) is 9.47 Å². The fourth-order valence-corrected chi connectivity index (χ4v) is 3.11. The third-order valence-corrected chi connectivity index (χ3v) is 4.78. The minimum absolute atomic E-state index is 0. The van der Waals surface area contributed by atoms with Crippen molar-refractivity contribution in [1.82, 2.24) is 14.5 Å². The molecule has 0 aliphatic rings. The number of hydrogen-bond donors (Lipinski definition) is 1. The lowest BCUT2D eigenvalue weighted by Gasteiger charge is -2.21. The summed E-state index contributed by atoms with van der Waals surface area (Å²) in [6.45, 7) is 7.58. The van der Waals surface area contributed by atoms with Gasteiger partial charge in [0, 0.05) is 26.2 Å². The van der Waals surface area contributed by atoms with Crippen LogP contribution in [-0.2, 0) is 27.2 Å². The van der Waals surface area contributed by atoms with E-state index in [-0.39, 0.29) is 23.6 Å². The van der Waals surface area contributed by atoms with Gasteiger partial charge in [0.25, 0.3) is 0 Å². The molecule has 1 aromatic heterocycles. The number of aryl methyl sites for hydroxylation is 2. The second kappa shape index (κ2) is 8.93. The lowest BCUT2D eigenvalue weighted by molar-refractivity contribution is 0.284. The van der Waals surface area contributed by atoms with Crippen LogP contribution in [0.1, 0.15) is 31.9 Å². The standard InChI is InChI=1S/C22H29N3O3.ClH/c1-22(2,3)23-13-15-8-10-19(20(12-15)27-6)28-14-16-7-9-17-18(11-16)25(5)21(26)24(17)4;/h7-12,23H,13-14H2,1-6H3;1H. The van der Waals surface area contributed by atoms with Crippen molar-refractivity contribution in [2.75, 3.05) is 7.11 Å². The van der Waals surface area contributed by atoms with Gasteiger partial charge < -0.3 is 14.8 Å². The van der Waals surface area contributed by atoms with Crippen LogP contribution >= 0.6 is 12.4 Å². The van der Waals surface area contributed by atoms with Crippen molar-refractivity contribution in [3.8, 4) is 11.5 Å². The Balaban J connectivity index is 0.00000300. The zero-order valence-electron chi connectivity index (χ0n) is 17.9. The molecule has 0 radical (unpaired) electrons. The van der Waals surface area contributed by atoms with Gasteiger partial charge in [0.1, 0.15) is 6.61 Å². The fourth-order valence-electron chi connectivity index (χ4n) is 3.11. The van der Waals surface area contributed by atoms with Gasteiger partial charge in [-0.05, 0) is 56.2 Å². The number of halogens is 1. The first-order valence-electron chi connectivity index (χ1n) is 9.38. The van der Waals surface area contributed by atoms with Crippen LogP contribution in [0.4, 0.5) is 0 Å². The van der Waals surface area contributed by atoms with Gasteiger partial charge in [0.2, 0.25) is 0 Å². The molecule has 3 rings (SSSR count). The van der Waals surface area contributed by atoms with Gasteiger partial charge in [0.15, 0.2) is 11.5 Å². The molecular weight excluding hydrogens is 390 g/mol. The molecule has 2 aromatic carbocycles. The molecule has 1 N–H and O–H groups in total. The van der Waals surface area contributed by atoms with E-state index < -0.39 is 0 Å². The third kappa shape index (κ3) is 5.14. The maximum absolute atomic E-state index is 12.1. The van der Waals surface area contributed by atoms with Gasteiger partial charge in [-0.2, -0.15) is 0 Å². The number of rotatable bonds is 6. The van der Waals surface area contributed by atoms with Gasteiger partial charge in [-0.1, -0.05) is 12.1 Å². The van der Waals surface area contributed by atoms with Crippen molar-refractivity contribution in [2.45, 2.75) is 39.5 Å². The van der Waals surface area contributed by atoms with E-state index in [9.17, 15) is 4.79 Å². The molecule has 7 heteroatoms. The first-order valence-corrected chi connectivity index (χ1v) is 9.38. The highest BCUT2D eigenvalue weighted by Crippen LogP contribution is 2.29. The SMILES string of the molecule is COc1cc(CNC(C)(C)C)ccc1OCc1ccc2c(c1)n(C)c(=O)n2C.Cl. The molecular formula is C22H30ClN3O3. The monoisotopic (exact) mass is 419 g/mol. The van der Waals surface area contributed by atoms with Crippen LogP contribution in [0.2, 0.25) is 0 Å². The summed E-state index contributed by atoms with van der Waals surface area (Å²) < 4.78 is 14.8. The van der Waals surface area contributed by atoms with Crippen LogP contribution in [0, 0.1) is 0 Å². The first kappa shape index (κ1) is 22.8. The van der Waals surface area contributed by atoms with Gasteiger partial charge in [-0.15, -0.1) is 12.4 Å². The largest absolute Gasteiger partial charge is 0.493 e. The van der Waals surface area contributed by atoms with Gasteiger partial charge in [-0.3, -0.25) is 9.13 Å². The smallest absolute Gasteiger partial charge is 0.328 e. The molecule has 0 atom stereocenters. The van der Waals surface area contributed by atoms with Crippen LogP contribution in [0.25, 0.3) is 11.0 Å². The topological polar surface area (TPSA) is 57.4 Å². The van der Waals surface area contributed by atoms with E-state index in [0.29, 0.717) is 18.1 Å². The summed E-state index contributed by atoms with van der Waals surface area (Å²) in [5.74, 6) is 1.41. The van der Waals surface area contributed by atoms with Crippen LogP contribution in [0.15, 0.2) is 41.2 Å². The molecule has 158 valence electrons. The van der Waals surface area contributed by atoms with Crippen molar-refractivity contribution in [2.24, 2.45) is 14.1 Å². The Morgan fingerprint density at radius 3 is 2.24 bits per heavy atom. The molecule has 1 heterocycles. The molecule has 6 nitrogen and oxygen atoms in total. The maximum atomic E-state index is 12.1. The van der Waals surface area contributed by atoms with E-state index in [0.717, 1.165) is 28.7 Å². The second-order valence-corrected chi connectivity index (χ2v) is 8.10. The molecule has 0 aliphatic heterocycles. The predicted molar refractivity (Wildman–Crippen MR) is 119 cm³/mol. The van der Waals surface area contributed by atoms with Crippen molar-refractivity contribution in [3.05, 3.63) is 58.0 Å². The molecule has 3 aromatic rings. The molecule has 0 fully saturated rings. The number of ether oxygens (including phenoxy) is 2. The minimum atomic E-state index is -0.0332. The summed E-state index contributed by atoms with van der Waals surface area (Å²) in [7, 11) is 5.21. The highest BCUT2D eigenvalue weighted by Gasteiger charge is 2.12. The Kier molecular flexibility index (Phi) is 7.03. The highest BCUT2D eigenvalue weighted by atomic mass is 35.5. The Hall–Kier alpha value is -2.44. The number of benzene rings is 2. The lowest BCUT2D eigenvalue weighted by Crippen LogP contribution is -2.35. The number of nitrogens with one attached hydrogen (secondary N) is 1. The normalized spacial score (nSPS) is 11.4. The average Bonchev–Trinajstić information content (AvgIpc) is 2.88. The Morgan fingerprint density at radius 1 is 0.931 bits per heavy atom.